The van der Waals surface area contributed by atoms with Crippen molar-refractivity contribution in [2.45, 2.75) is 53.0 Å². The molecule has 0 saturated carbocycles. The highest BCUT2D eigenvalue weighted by Crippen LogP contribution is 2.21. The molecule has 2 rings (SSSR count). The predicted molar refractivity (Wildman–Crippen MR) is 87.6 cm³/mol. The summed E-state index contributed by atoms with van der Waals surface area (Å²) in [4.78, 5) is 4.79. The van der Waals surface area contributed by atoms with E-state index in [2.05, 4.69) is 43.5 Å². The molecule has 2 nitrogen and oxygen atoms in total. The third kappa shape index (κ3) is 3.54. The van der Waals surface area contributed by atoms with Gasteiger partial charge in [-0.3, -0.25) is 0 Å². The lowest BCUT2D eigenvalue weighted by molar-refractivity contribution is 0.508. The monoisotopic (exact) mass is 292 g/mol. The second-order valence-electron chi connectivity index (χ2n) is 5.95. The van der Waals surface area contributed by atoms with Gasteiger partial charge in [-0.25, -0.2) is 4.98 Å². The van der Waals surface area contributed by atoms with E-state index in [9.17, 15) is 0 Å². The van der Waals surface area contributed by atoms with Gasteiger partial charge in [0.25, 0.3) is 0 Å². The van der Waals surface area contributed by atoms with Crippen molar-refractivity contribution in [2.75, 3.05) is 5.88 Å². The first-order valence-electron chi connectivity index (χ1n) is 7.64. The van der Waals surface area contributed by atoms with Crippen LogP contribution < -0.4 is 0 Å². The van der Waals surface area contributed by atoms with Crippen LogP contribution in [-0.4, -0.2) is 15.4 Å². The van der Waals surface area contributed by atoms with Gasteiger partial charge in [0.05, 0.1) is 11.0 Å². The van der Waals surface area contributed by atoms with E-state index in [0.29, 0.717) is 5.88 Å². The molecule has 0 aliphatic rings. The summed E-state index contributed by atoms with van der Waals surface area (Å²) >= 11 is 5.92. The van der Waals surface area contributed by atoms with Crippen LogP contribution >= 0.6 is 11.6 Å². The van der Waals surface area contributed by atoms with Crippen molar-refractivity contribution in [1.82, 2.24) is 9.55 Å². The van der Waals surface area contributed by atoms with Crippen LogP contribution in [0.1, 0.15) is 44.5 Å². The van der Waals surface area contributed by atoms with Gasteiger partial charge in [-0.15, -0.1) is 11.6 Å². The molecule has 1 aromatic heterocycles. The quantitative estimate of drug-likeness (QED) is 0.521. The number of nitrogens with zero attached hydrogens (tertiary/aromatic N) is 2. The molecule has 0 N–H and O–H groups in total. The first-order chi connectivity index (χ1) is 9.63. The molecular formula is C17H25ClN2. The summed E-state index contributed by atoms with van der Waals surface area (Å²) in [6.07, 6.45) is 4.65. The molecule has 0 atom stereocenters. The first-order valence-corrected chi connectivity index (χ1v) is 8.17. The first kappa shape index (κ1) is 15.4. The van der Waals surface area contributed by atoms with E-state index < -0.39 is 0 Å². The number of aryl methyl sites for hydroxylation is 3. The summed E-state index contributed by atoms with van der Waals surface area (Å²) in [5.41, 5.74) is 3.64. The van der Waals surface area contributed by atoms with Gasteiger partial charge < -0.3 is 4.57 Å². The van der Waals surface area contributed by atoms with Crippen LogP contribution in [0.3, 0.4) is 0 Å². The van der Waals surface area contributed by atoms with Crippen molar-refractivity contribution in [3.05, 3.63) is 29.6 Å². The van der Waals surface area contributed by atoms with Gasteiger partial charge in [0.15, 0.2) is 0 Å². The molecular weight excluding hydrogens is 268 g/mol. The average Bonchev–Trinajstić information content (AvgIpc) is 2.75. The van der Waals surface area contributed by atoms with Crippen molar-refractivity contribution < 1.29 is 0 Å². The Kier molecular flexibility index (Phi) is 5.47. The van der Waals surface area contributed by atoms with Crippen LogP contribution in [0.15, 0.2) is 18.2 Å². The SMILES string of the molecule is Cc1cccc2c1nc(CCCl)n2CCCCC(C)C. The fraction of sp³-hybridized carbons (Fsp3) is 0.588. The highest BCUT2D eigenvalue weighted by molar-refractivity contribution is 6.17. The number of imidazole rings is 1. The van der Waals surface area contributed by atoms with E-state index in [1.54, 1.807) is 0 Å². The van der Waals surface area contributed by atoms with Crippen molar-refractivity contribution in [3.63, 3.8) is 0 Å². The number of hydrogen-bond acceptors (Lipinski definition) is 1. The largest absolute Gasteiger partial charge is 0.328 e. The van der Waals surface area contributed by atoms with Gasteiger partial charge in [0.2, 0.25) is 0 Å². The van der Waals surface area contributed by atoms with E-state index in [0.717, 1.165) is 30.2 Å². The van der Waals surface area contributed by atoms with Crippen LogP contribution in [0.25, 0.3) is 11.0 Å². The Balaban J connectivity index is 2.20. The molecule has 2 aromatic rings. The van der Waals surface area contributed by atoms with Crippen LogP contribution in [0.5, 0.6) is 0 Å². The van der Waals surface area contributed by atoms with Crippen LogP contribution in [-0.2, 0) is 13.0 Å². The molecule has 0 amide bonds. The predicted octanol–water partition coefficient (Wildman–Crippen LogP) is 4.95. The highest BCUT2D eigenvalue weighted by Gasteiger charge is 2.11. The fourth-order valence-electron chi connectivity index (χ4n) is 2.68. The Labute approximate surface area is 127 Å². The number of fused-ring (bicyclic) bond motifs is 1. The third-order valence-electron chi connectivity index (χ3n) is 3.79. The molecule has 0 aliphatic heterocycles. The van der Waals surface area contributed by atoms with E-state index in [-0.39, 0.29) is 0 Å². The molecule has 0 fully saturated rings. The minimum absolute atomic E-state index is 0.633. The van der Waals surface area contributed by atoms with Gasteiger partial charge in [-0.05, 0) is 30.9 Å². The number of rotatable bonds is 7. The van der Waals surface area contributed by atoms with Gasteiger partial charge in [0, 0.05) is 18.8 Å². The molecule has 1 heterocycles. The zero-order chi connectivity index (χ0) is 14.5. The van der Waals surface area contributed by atoms with Crippen molar-refractivity contribution in [3.8, 4) is 0 Å². The number of benzene rings is 1. The fourth-order valence-corrected chi connectivity index (χ4v) is 2.85. The minimum atomic E-state index is 0.633. The molecule has 0 spiro atoms. The molecule has 0 aliphatic carbocycles. The molecule has 0 unspecified atom stereocenters. The summed E-state index contributed by atoms with van der Waals surface area (Å²) in [7, 11) is 0. The average molecular weight is 293 g/mol. The maximum Gasteiger partial charge on any atom is 0.111 e. The Morgan fingerprint density at radius 2 is 2.05 bits per heavy atom. The molecule has 20 heavy (non-hydrogen) atoms. The summed E-state index contributed by atoms with van der Waals surface area (Å²) in [6, 6.07) is 6.42. The lowest BCUT2D eigenvalue weighted by Gasteiger charge is -2.09. The van der Waals surface area contributed by atoms with Gasteiger partial charge in [0.1, 0.15) is 5.82 Å². The number of aromatic nitrogens is 2. The number of halogens is 1. The molecule has 3 heteroatoms. The smallest absolute Gasteiger partial charge is 0.111 e. The Morgan fingerprint density at radius 3 is 2.75 bits per heavy atom. The normalized spacial score (nSPS) is 11.7. The molecule has 0 radical (unpaired) electrons. The molecule has 0 bridgehead atoms. The van der Waals surface area contributed by atoms with Crippen molar-refractivity contribution in [1.29, 1.82) is 0 Å². The van der Waals surface area contributed by atoms with Crippen molar-refractivity contribution in [2.24, 2.45) is 5.92 Å². The Bertz CT molecular complexity index is 557. The number of alkyl halides is 1. The van der Waals surface area contributed by atoms with Crippen LogP contribution in [0.4, 0.5) is 0 Å². The summed E-state index contributed by atoms with van der Waals surface area (Å²) < 4.78 is 2.37. The zero-order valence-electron chi connectivity index (χ0n) is 12.8. The number of unbranched alkanes of at least 4 members (excludes halogenated alkanes) is 1. The van der Waals surface area contributed by atoms with Gasteiger partial charge in [-0.2, -0.15) is 0 Å². The molecule has 0 saturated heterocycles. The van der Waals surface area contributed by atoms with Crippen LogP contribution in [0.2, 0.25) is 0 Å². The second kappa shape index (κ2) is 7.12. The maximum absolute atomic E-state index is 5.92. The van der Waals surface area contributed by atoms with Crippen LogP contribution in [0, 0.1) is 12.8 Å². The maximum atomic E-state index is 5.92. The van der Waals surface area contributed by atoms with Gasteiger partial charge in [-0.1, -0.05) is 38.8 Å². The van der Waals surface area contributed by atoms with E-state index in [1.807, 2.05) is 0 Å². The number of hydrogen-bond donors (Lipinski definition) is 0. The minimum Gasteiger partial charge on any atom is -0.328 e. The lowest BCUT2D eigenvalue weighted by Crippen LogP contribution is -2.05. The van der Waals surface area contributed by atoms with Crippen molar-refractivity contribution >= 4 is 22.6 Å². The van der Waals surface area contributed by atoms with E-state index in [4.69, 9.17) is 16.6 Å². The Morgan fingerprint density at radius 1 is 1.25 bits per heavy atom. The molecule has 1 aromatic carbocycles. The van der Waals surface area contributed by atoms with Gasteiger partial charge >= 0.3 is 0 Å². The summed E-state index contributed by atoms with van der Waals surface area (Å²) in [5, 5.41) is 0. The Hall–Kier alpha value is -1.02. The standard InChI is InChI=1S/C17H25ClN2/c1-13(2)7-4-5-12-20-15-9-6-8-14(3)17(15)19-16(20)10-11-18/h6,8-9,13H,4-5,7,10-12H2,1-3H3. The zero-order valence-corrected chi connectivity index (χ0v) is 13.6. The lowest BCUT2D eigenvalue weighted by atomic mass is 10.1. The third-order valence-corrected chi connectivity index (χ3v) is 3.98. The topological polar surface area (TPSA) is 17.8 Å². The van der Waals surface area contributed by atoms with E-state index >= 15 is 0 Å². The molecule has 110 valence electrons. The highest BCUT2D eigenvalue weighted by atomic mass is 35.5. The summed E-state index contributed by atoms with van der Waals surface area (Å²) in [5.74, 6) is 2.56. The summed E-state index contributed by atoms with van der Waals surface area (Å²) in [6.45, 7) is 7.76. The number of para-hydroxylation sites is 1. The van der Waals surface area contributed by atoms with E-state index in [1.165, 1.54) is 30.3 Å². The second-order valence-corrected chi connectivity index (χ2v) is 6.33.